The maximum Gasteiger partial charge on any atom is 0.187 e. The molecule has 0 aliphatic rings. The van der Waals surface area contributed by atoms with Crippen LogP contribution in [0.5, 0.6) is 0 Å². The van der Waals surface area contributed by atoms with Gasteiger partial charge < -0.3 is 0 Å². The van der Waals surface area contributed by atoms with E-state index in [1.807, 2.05) is 31.2 Å². The first kappa shape index (κ1) is 20.6. The number of carbonyl (C=O) groups is 1. The summed E-state index contributed by atoms with van der Waals surface area (Å²) in [6.07, 6.45) is 3.57. The third kappa shape index (κ3) is 4.12. The van der Waals surface area contributed by atoms with Gasteiger partial charge in [-0.05, 0) is 55.0 Å². The van der Waals surface area contributed by atoms with Crippen molar-refractivity contribution in [3.05, 3.63) is 98.9 Å². The Hall–Kier alpha value is -2.66. The number of hydrogen-bond acceptors (Lipinski definition) is 3. The molecule has 2 heterocycles. The molecule has 0 fully saturated rings. The Bertz CT molecular complexity index is 1220. The van der Waals surface area contributed by atoms with E-state index in [1.54, 1.807) is 47.4 Å². The number of aromatic nitrogens is 3. The van der Waals surface area contributed by atoms with E-state index in [0.717, 1.165) is 22.4 Å². The van der Waals surface area contributed by atoms with E-state index in [2.05, 4.69) is 10.1 Å². The molecule has 4 rings (SSSR count). The minimum Gasteiger partial charge on any atom is -0.292 e. The molecule has 2 aromatic heterocycles. The fourth-order valence-electron chi connectivity index (χ4n) is 3.30. The van der Waals surface area contributed by atoms with Crippen LogP contribution in [0.3, 0.4) is 0 Å². The average Bonchev–Trinajstić information content (AvgIpc) is 3.06. The molecule has 0 spiro atoms. The standard InChI is InChI=1S/C23H16Cl3N3O/c1-14-22(21(30)12-15-8-10-27-11-9-15)28-29(20-7-6-18(25)13-19(20)26)23(14)16-2-4-17(24)5-3-16/h2-11,13H,12H2,1H3. The van der Waals surface area contributed by atoms with Crippen molar-refractivity contribution in [1.29, 1.82) is 0 Å². The van der Waals surface area contributed by atoms with Crippen molar-refractivity contribution in [2.75, 3.05) is 0 Å². The highest BCUT2D eigenvalue weighted by Crippen LogP contribution is 2.33. The summed E-state index contributed by atoms with van der Waals surface area (Å²) in [4.78, 5) is 17.1. The summed E-state index contributed by atoms with van der Waals surface area (Å²) < 4.78 is 1.69. The summed E-state index contributed by atoms with van der Waals surface area (Å²) in [5.74, 6) is -0.0854. The number of halogens is 3. The second kappa shape index (κ2) is 8.60. The fraction of sp³-hybridized carbons (Fsp3) is 0.0870. The molecule has 0 amide bonds. The van der Waals surface area contributed by atoms with Gasteiger partial charge in [0.15, 0.2) is 5.78 Å². The number of ketones is 1. The van der Waals surface area contributed by atoms with E-state index in [-0.39, 0.29) is 12.2 Å². The lowest BCUT2D eigenvalue weighted by Crippen LogP contribution is -2.07. The molecule has 0 radical (unpaired) electrons. The number of pyridine rings is 1. The van der Waals surface area contributed by atoms with Crippen molar-refractivity contribution in [2.24, 2.45) is 0 Å². The van der Waals surface area contributed by atoms with Crippen molar-refractivity contribution in [2.45, 2.75) is 13.3 Å². The predicted octanol–water partition coefficient (Wildman–Crippen LogP) is 6.63. The normalized spacial score (nSPS) is 10.9. The van der Waals surface area contributed by atoms with E-state index in [4.69, 9.17) is 34.8 Å². The molecule has 0 N–H and O–H groups in total. The van der Waals surface area contributed by atoms with Crippen molar-refractivity contribution in [3.8, 4) is 16.9 Å². The zero-order chi connectivity index (χ0) is 21.3. The average molecular weight is 457 g/mol. The number of benzene rings is 2. The van der Waals surface area contributed by atoms with Crippen LogP contribution in [-0.2, 0) is 6.42 Å². The van der Waals surface area contributed by atoms with Crippen LogP contribution in [0.1, 0.15) is 21.6 Å². The highest BCUT2D eigenvalue weighted by molar-refractivity contribution is 6.35. The number of hydrogen-bond donors (Lipinski definition) is 0. The summed E-state index contributed by atoms with van der Waals surface area (Å²) in [7, 11) is 0. The van der Waals surface area contributed by atoms with Gasteiger partial charge in [0.05, 0.1) is 16.4 Å². The van der Waals surface area contributed by atoms with Crippen LogP contribution in [-0.4, -0.2) is 20.5 Å². The molecule has 150 valence electrons. The van der Waals surface area contributed by atoms with Gasteiger partial charge in [-0.2, -0.15) is 5.10 Å². The summed E-state index contributed by atoms with van der Waals surface area (Å²) >= 11 is 18.6. The lowest BCUT2D eigenvalue weighted by Gasteiger charge is -2.11. The maximum atomic E-state index is 13.1. The molecule has 0 aliphatic heterocycles. The third-order valence-electron chi connectivity index (χ3n) is 4.76. The Morgan fingerprint density at radius 1 is 0.933 bits per heavy atom. The minimum absolute atomic E-state index is 0.0854. The Balaban J connectivity index is 1.86. The summed E-state index contributed by atoms with van der Waals surface area (Å²) in [6, 6.07) is 16.2. The van der Waals surface area contributed by atoms with E-state index in [0.29, 0.717) is 26.4 Å². The Morgan fingerprint density at radius 2 is 1.60 bits per heavy atom. The van der Waals surface area contributed by atoms with Gasteiger partial charge in [-0.3, -0.25) is 9.78 Å². The van der Waals surface area contributed by atoms with Gasteiger partial charge in [-0.15, -0.1) is 0 Å². The zero-order valence-corrected chi connectivity index (χ0v) is 18.2. The van der Waals surface area contributed by atoms with Gasteiger partial charge in [0.25, 0.3) is 0 Å². The lowest BCUT2D eigenvalue weighted by atomic mass is 10.0. The maximum absolute atomic E-state index is 13.1. The van der Waals surface area contributed by atoms with Gasteiger partial charge in [0, 0.05) is 40.0 Å². The second-order valence-electron chi connectivity index (χ2n) is 6.79. The van der Waals surface area contributed by atoms with E-state index in [9.17, 15) is 4.79 Å². The molecule has 7 heteroatoms. The molecule has 0 unspecified atom stereocenters. The summed E-state index contributed by atoms with van der Waals surface area (Å²) in [5, 5.41) is 6.24. The van der Waals surface area contributed by atoms with Gasteiger partial charge in [-0.1, -0.05) is 46.9 Å². The van der Waals surface area contributed by atoms with Crippen LogP contribution >= 0.6 is 34.8 Å². The topological polar surface area (TPSA) is 47.8 Å². The first-order chi connectivity index (χ1) is 14.4. The molecule has 2 aromatic carbocycles. The highest BCUT2D eigenvalue weighted by atomic mass is 35.5. The van der Waals surface area contributed by atoms with Crippen LogP contribution in [0.25, 0.3) is 16.9 Å². The number of Topliss-reactive ketones (excluding diaryl/α,β-unsaturated/α-hetero) is 1. The molecular weight excluding hydrogens is 441 g/mol. The molecule has 0 saturated heterocycles. The van der Waals surface area contributed by atoms with E-state index in [1.165, 1.54) is 0 Å². The zero-order valence-electron chi connectivity index (χ0n) is 15.9. The molecule has 0 saturated carbocycles. The Morgan fingerprint density at radius 3 is 2.27 bits per heavy atom. The van der Waals surface area contributed by atoms with Gasteiger partial charge in [-0.25, -0.2) is 4.68 Å². The molecule has 4 nitrogen and oxygen atoms in total. The van der Waals surface area contributed by atoms with Crippen LogP contribution in [0.2, 0.25) is 15.1 Å². The second-order valence-corrected chi connectivity index (χ2v) is 8.07. The number of carbonyl (C=O) groups excluding carboxylic acids is 1. The summed E-state index contributed by atoms with van der Waals surface area (Å²) in [6.45, 7) is 1.89. The molecule has 0 atom stereocenters. The Labute approximate surface area is 189 Å². The largest absolute Gasteiger partial charge is 0.292 e. The third-order valence-corrected chi connectivity index (χ3v) is 5.55. The molecule has 0 aliphatic carbocycles. The van der Waals surface area contributed by atoms with Gasteiger partial charge in [0.2, 0.25) is 0 Å². The highest BCUT2D eigenvalue weighted by Gasteiger charge is 2.23. The van der Waals surface area contributed by atoms with Crippen LogP contribution in [0, 0.1) is 6.92 Å². The van der Waals surface area contributed by atoms with Crippen molar-refractivity contribution in [3.63, 3.8) is 0 Å². The lowest BCUT2D eigenvalue weighted by molar-refractivity contribution is 0.0987. The van der Waals surface area contributed by atoms with Crippen LogP contribution < -0.4 is 0 Å². The monoisotopic (exact) mass is 455 g/mol. The van der Waals surface area contributed by atoms with Crippen molar-refractivity contribution in [1.82, 2.24) is 14.8 Å². The first-order valence-corrected chi connectivity index (χ1v) is 10.3. The number of rotatable bonds is 5. The smallest absolute Gasteiger partial charge is 0.187 e. The van der Waals surface area contributed by atoms with Crippen LogP contribution in [0.15, 0.2) is 67.0 Å². The SMILES string of the molecule is Cc1c(C(=O)Cc2ccncc2)nn(-c2ccc(Cl)cc2Cl)c1-c1ccc(Cl)cc1. The van der Waals surface area contributed by atoms with Gasteiger partial charge in [0.1, 0.15) is 5.69 Å². The van der Waals surface area contributed by atoms with Gasteiger partial charge >= 0.3 is 0 Å². The molecular formula is C23H16Cl3N3O. The van der Waals surface area contributed by atoms with E-state index < -0.39 is 0 Å². The molecule has 4 aromatic rings. The Kier molecular flexibility index (Phi) is 5.91. The molecule has 0 bridgehead atoms. The predicted molar refractivity (Wildman–Crippen MR) is 121 cm³/mol. The minimum atomic E-state index is -0.0854. The number of nitrogens with zero attached hydrogens (tertiary/aromatic N) is 3. The quantitative estimate of drug-likeness (QED) is 0.317. The van der Waals surface area contributed by atoms with E-state index >= 15 is 0 Å². The van der Waals surface area contributed by atoms with Crippen molar-refractivity contribution >= 4 is 40.6 Å². The summed E-state index contributed by atoms with van der Waals surface area (Å²) in [5.41, 5.74) is 4.32. The van der Waals surface area contributed by atoms with Crippen molar-refractivity contribution < 1.29 is 4.79 Å². The fourth-order valence-corrected chi connectivity index (χ4v) is 3.92. The first-order valence-electron chi connectivity index (χ1n) is 9.17. The molecule has 30 heavy (non-hydrogen) atoms. The van der Waals surface area contributed by atoms with Crippen LogP contribution in [0.4, 0.5) is 0 Å².